The van der Waals surface area contributed by atoms with Gasteiger partial charge in [-0.3, -0.25) is 4.79 Å². The molecule has 0 bridgehead atoms. The van der Waals surface area contributed by atoms with Crippen molar-refractivity contribution in [3.8, 4) is 0 Å². The van der Waals surface area contributed by atoms with Crippen LogP contribution in [0.5, 0.6) is 0 Å². The Morgan fingerprint density at radius 1 is 1.03 bits per heavy atom. The average molecular weight is 405 g/mol. The SMILES string of the molecule is CC(=CCC1CC(=O)C=C(C)C1O)CCCC(C)CCCC(C)CCCC(C)C. The second kappa shape index (κ2) is 14.2. The Morgan fingerprint density at radius 2 is 1.59 bits per heavy atom. The molecule has 0 fully saturated rings. The van der Waals surface area contributed by atoms with E-state index in [4.69, 9.17) is 0 Å². The zero-order valence-electron chi connectivity index (χ0n) is 20.2. The summed E-state index contributed by atoms with van der Waals surface area (Å²) in [6.45, 7) is 13.5. The van der Waals surface area contributed by atoms with Crippen LogP contribution in [0.2, 0.25) is 0 Å². The lowest BCUT2D eigenvalue weighted by Crippen LogP contribution is -2.28. The minimum atomic E-state index is -0.454. The molecule has 0 saturated heterocycles. The number of hydrogen-bond donors (Lipinski definition) is 1. The lowest BCUT2D eigenvalue weighted by Gasteiger charge is -2.25. The fraction of sp³-hybridized carbons (Fsp3) is 0.815. The molecule has 1 aliphatic carbocycles. The van der Waals surface area contributed by atoms with Crippen molar-refractivity contribution in [2.45, 2.75) is 118 Å². The monoisotopic (exact) mass is 404 g/mol. The summed E-state index contributed by atoms with van der Waals surface area (Å²) in [5, 5.41) is 10.3. The Kier molecular flexibility index (Phi) is 12.8. The van der Waals surface area contributed by atoms with Crippen molar-refractivity contribution >= 4 is 5.78 Å². The number of aliphatic hydroxyl groups excluding tert-OH is 1. The van der Waals surface area contributed by atoms with E-state index in [0.717, 1.165) is 36.2 Å². The summed E-state index contributed by atoms with van der Waals surface area (Å²) in [5.41, 5.74) is 2.23. The zero-order valence-corrected chi connectivity index (χ0v) is 20.2. The fourth-order valence-electron chi connectivity index (χ4n) is 4.51. The van der Waals surface area contributed by atoms with Gasteiger partial charge in [0.15, 0.2) is 5.78 Å². The van der Waals surface area contributed by atoms with E-state index in [1.165, 1.54) is 56.9 Å². The van der Waals surface area contributed by atoms with Gasteiger partial charge in [-0.15, -0.1) is 0 Å². The molecule has 0 aromatic carbocycles. The quantitative estimate of drug-likeness (QED) is 0.302. The molecule has 0 aromatic heterocycles. The van der Waals surface area contributed by atoms with Gasteiger partial charge in [0.05, 0.1) is 6.10 Å². The van der Waals surface area contributed by atoms with Crippen molar-refractivity contribution in [2.75, 3.05) is 0 Å². The molecule has 1 aliphatic rings. The summed E-state index contributed by atoms with van der Waals surface area (Å²) in [5.74, 6) is 2.76. The van der Waals surface area contributed by atoms with Crippen LogP contribution in [0.4, 0.5) is 0 Å². The Bertz CT molecular complexity index is 529. The second-order valence-corrected chi connectivity index (χ2v) is 10.4. The molecule has 0 saturated carbocycles. The highest BCUT2D eigenvalue weighted by Gasteiger charge is 2.26. The predicted octanol–water partition coefficient (Wildman–Crippen LogP) is 7.66. The maximum Gasteiger partial charge on any atom is 0.156 e. The third kappa shape index (κ3) is 11.8. The maximum absolute atomic E-state index is 11.7. The van der Waals surface area contributed by atoms with E-state index in [0.29, 0.717) is 6.42 Å². The third-order valence-electron chi connectivity index (χ3n) is 6.67. The molecule has 4 atom stereocenters. The fourth-order valence-corrected chi connectivity index (χ4v) is 4.51. The lowest BCUT2D eigenvalue weighted by molar-refractivity contribution is -0.117. The molecule has 0 spiro atoms. The van der Waals surface area contributed by atoms with Gasteiger partial charge in [0.2, 0.25) is 0 Å². The van der Waals surface area contributed by atoms with E-state index in [1.54, 1.807) is 6.08 Å². The van der Waals surface area contributed by atoms with Crippen LogP contribution in [-0.4, -0.2) is 17.0 Å². The summed E-state index contributed by atoms with van der Waals surface area (Å²) in [6.07, 6.45) is 16.7. The molecule has 29 heavy (non-hydrogen) atoms. The first-order chi connectivity index (χ1) is 13.7. The van der Waals surface area contributed by atoms with Crippen LogP contribution in [0.25, 0.3) is 0 Å². The number of carbonyl (C=O) groups excluding carboxylic acids is 1. The van der Waals surface area contributed by atoms with Gasteiger partial charge < -0.3 is 5.11 Å². The first-order valence-electron chi connectivity index (χ1n) is 12.2. The number of carbonyl (C=O) groups is 1. The van der Waals surface area contributed by atoms with Gasteiger partial charge in [-0.2, -0.15) is 0 Å². The molecule has 168 valence electrons. The number of hydrogen-bond acceptors (Lipinski definition) is 2. The van der Waals surface area contributed by atoms with Gasteiger partial charge in [-0.05, 0) is 68.4 Å². The molecule has 0 radical (unpaired) electrons. The second-order valence-electron chi connectivity index (χ2n) is 10.4. The van der Waals surface area contributed by atoms with Crippen molar-refractivity contribution in [1.29, 1.82) is 0 Å². The van der Waals surface area contributed by atoms with E-state index in [9.17, 15) is 9.90 Å². The van der Waals surface area contributed by atoms with E-state index in [1.807, 2.05) is 6.92 Å². The molecule has 0 aliphatic heterocycles. The minimum absolute atomic E-state index is 0.0592. The van der Waals surface area contributed by atoms with Crippen LogP contribution in [0.1, 0.15) is 112 Å². The molecule has 0 heterocycles. The van der Waals surface area contributed by atoms with Crippen molar-refractivity contribution in [1.82, 2.24) is 0 Å². The van der Waals surface area contributed by atoms with Gasteiger partial charge in [-0.1, -0.05) is 84.3 Å². The van der Waals surface area contributed by atoms with Crippen molar-refractivity contribution in [2.24, 2.45) is 23.7 Å². The normalized spacial score (nSPS) is 22.7. The third-order valence-corrected chi connectivity index (χ3v) is 6.67. The average Bonchev–Trinajstić information content (AvgIpc) is 2.63. The van der Waals surface area contributed by atoms with Crippen molar-refractivity contribution < 1.29 is 9.90 Å². The molecular weight excluding hydrogens is 356 g/mol. The van der Waals surface area contributed by atoms with Gasteiger partial charge in [-0.25, -0.2) is 0 Å². The minimum Gasteiger partial charge on any atom is -0.388 e. The highest BCUT2D eigenvalue weighted by molar-refractivity contribution is 5.91. The highest BCUT2D eigenvalue weighted by Crippen LogP contribution is 2.27. The molecule has 1 N–H and O–H groups in total. The molecule has 2 heteroatoms. The van der Waals surface area contributed by atoms with Crippen LogP contribution in [0.15, 0.2) is 23.3 Å². The molecule has 2 nitrogen and oxygen atoms in total. The highest BCUT2D eigenvalue weighted by atomic mass is 16.3. The number of allylic oxidation sites excluding steroid dienone is 3. The Balaban J connectivity index is 2.15. The van der Waals surface area contributed by atoms with Crippen molar-refractivity contribution in [3.05, 3.63) is 23.3 Å². The van der Waals surface area contributed by atoms with Crippen molar-refractivity contribution in [3.63, 3.8) is 0 Å². The summed E-state index contributed by atoms with van der Waals surface area (Å²) in [6, 6.07) is 0. The topological polar surface area (TPSA) is 37.3 Å². The maximum atomic E-state index is 11.7. The van der Waals surface area contributed by atoms with E-state index in [-0.39, 0.29) is 11.7 Å². The van der Waals surface area contributed by atoms with E-state index in [2.05, 4.69) is 40.7 Å². The molecule has 0 aromatic rings. The molecule has 1 rings (SSSR count). The Labute approximate surface area is 181 Å². The molecular formula is C27H48O2. The Hall–Kier alpha value is -0.890. The summed E-state index contributed by atoms with van der Waals surface area (Å²) in [7, 11) is 0. The zero-order chi connectivity index (χ0) is 21.8. The van der Waals surface area contributed by atoms with Crippen LogP contribution in [0, 0.1) is 23.7 Å². The van der Waals surface area contributed by atoms with Gasteiger partial charge in [0.1, 0.15) is 0 Å². The van der Waals surface area contributed by atoms with E-state index < -0.39 is 6.10 Å². The molecule has 4 unspecified atom stereocenters. The van der Waals surface area contributed by atoms with Gasteiger partial charge >= 0.3 is 0 Å². The first kappa shape index (κ1) is 26.1. The van der Waals surface area contributed by atoms with Crippen LogP contribution >= 0.6 is 0 Å². The standard InChI is InChI=1S/C27H48O2/c1-20(2)10-7-11-21(3)12-8-13-22(4)14-9-15-23(5)16-17-25-19-26(28)18-24(6)27(25)29/h16,18,20-22,25,27,29H,7-15,17,19H2,1-6H3. The first-order valence-corrected chi connectivity index (χ1v) is 12.2. The summed E-state index contributed by atoms with van der Waals surface area (Å²) < 4.78 is 0. The number of rotatable bonds is 14. The van der Waals surface area contributed by atoms with Gasteiger partial charge in [0.25, 0.3) is 0 Å². The lowest BCUT2D eigenvalue weighted by atomic mass is 9.83. The summed E-state index contributed by atoms with van der Waals surface area (Å²) >= 11 is 0. The van der Waals surface area contributed by atoms with Gasteiger partial charge in [0, 0.05) is 6.42 Å². The largest absolute Gasteiger partial charge is 0.388 e. The Morgan fingerprint density at radius 3 is 2.17 bits per heavy atom. The number of aliphatic hydroxyl groups is 1. The van der Waals surface area contributed by atoms with Crippen LogP contribution < -0.4 is 0 Å². The predicted molar refractivity (Wildman–Crippen MR) is 126 cm³/mol. The van der Waals surface area contributed by atoms with E-state index >= 15 is 0 Å². The van der Waals surface area contributed by atoms with Crippen LogP contribution in [-0.2, 0) is 4.79 Å². The smallest absolute Gasteiger partial charge is 0.156 e. The number of ketones is 1. The van der Waals surface area contributed by atoms with Crippen LogP contribution in [0.3, 0.4) is 0 Å². The molecule has 0 amide bonds. The summed E-state index contributed by atoms with van der Waals surface area (Å²) in [4.78, 5) is 11.7.